The van der Waals surface area contributed by atoms with Crippen LogP contribution in [0.25, 0.3) is 0 Å². The summed E-state index contributed by atoms with van der Waals surface area (Å²) < 4.78 is 11.1. The molecule has 0 unspecified atom stereocenters. The van der Waals surface area contributed by atoms with Crippen LogP contribution in [0.1, 0.15) is 22.8 Å². The van der Waals surface area contributed by atoms with Crippen molar-refractivity contribution in [2.75, 3.05) is 19.8 Å². The lowest BCUT2D eigenvalue weighted by atomic mass is 9.91. The van der Waals surface area contributed by atoms with Crippen molar-refractivity contribution >= 4 is 29.3 Å². The van der Waals surface area contributed by atoms with E-state index in [2.05, 4.69) is 5.32 Å². The number of halogens is 1. The second-order valence-electron chi connectivity index (χ2n) is 6.73. The molecule has 1 atom stereocenters. The molecule has 0 aromatic heterocycles. The molecule has 2 aromatic carbocycles. The third kappa shape index (κ3) is 3.07. The van der Waals surface area contributed by atoms with E-state index in [1.165, 1.54) is 0 Å². The maximum atomic E-state index is 13.0. The summed E-state index contributed by atoms with van der Waals surface area (Å²) in [6.45, 7) is 2.12. The Bertz CT molecular complexity index is 975. The Balaban J connectivity index is 1.57. The van der Waals surface area contributed by atoms with Crippen molar-refractivity contribution in [1.82, 2.24) is 10.2 Å². The number of fused-ring (bicyclic) bond motifs is 1. The molecule has 0 aliphatic carbocycles. The van der Waals surface area contributed by atoms with Gasteiger partial charge in [0.05, 0.1) is 6.54 Å². The minimum atomic E-state index is -1.30. The molecule has 4 rings (SSSR count). The number of benzene rings is 2. The molecule has 2 heterocycles. The zero-order valence-corrected chi connectivity index (χ0v) is 15.8. The number of imide groups is 1. The Morgan fingerprint density at radius 3 is 2.50 bits per heavy atom. The summed E-state index contributed by atoms with van der Waals surface area (Å²) in [5, 5.41) is 3.18. The number of ether oxygens (including phenoxy) is 2. The molecule has 0 bridgehead atoms. The third-order valence-electron chi connectivity index (χ3n) is 4.86. The predicted molar refractivity (Wildman–Crippen MR) is 101 cm³/mol. The van der Waals surface area contributed by atoms with Crippen LogP contribution < -0.4 is 14.8 Å². The first-order valence-electron chi connectivity index (χ1n) is 8.71. The van der Waals surface area contributed by atoms with E-state index in [1.54, 1.807) is 49.4 Å². The highest BCUT2D eigenvalue weighted by Crippen LogP contribution is 2.36. The van der Waals surface area contributed by atoms with E-state index in [4.69, 9.17) is 21.1 Å². The quantitative estimate of drug-likeness (QED) is 0.630. The van der Waals surface area contributed by atoms with Crippen molar-refractivity contribution in [3.8, 4) is 11.5 Å². The topological polar surface area (TPSA) is 84.9 Å². The number of Topliss-reactive ketones (excluding diaryl/α,β-unsaturated/α-hetero) is 1. The van der Waals surface area contributed by atoms with E-state index in [1.807, 2.05) is 0 Å². The van der Waals surface area contributed by atoms with Crippen molar-refractivity contribution in [1.29, 1.82) is 0 Å². The lowest BCUT2D eigenvalue weighted by molar-refractivity contribution is -0.130. The van der Waals surface area contributed by atoms with Crippen molar-refractivity contribution in [2.45, 2.75) is 12.5 Å². The molecule has 3 amide bonds. The minimum Gasteiger partial charge on any atom is -0.486 e. The predicted octanol–water partition coefficient (Wildman–Crippen LogP) is 2.76. The smallest absolute Gasteiger partial charge is 0.325 e. The van der Waals surface area contributed by atoms with E-state index < -0.39 is 17.5 Å². The van der Waals surface area contributed by atoms with Gasteiger partial charge in [-0.3, -0.25) is 14.5 Å². The molecule has 0 saturated carbocycles. The number of nitrogens with one attached hydrogen (secondary N) is 1. The maximum absolute atomic E-state index is 13.0. The number of amides is 3. The van der Waals surface area contributed by atoms with Crippen molar-refractivity contribution in [3.05, 3.63) is 58.6 Å². The number of rotatable bonds is 4. The van der Waals surface area contributed by atoms with Gasteiger partial charge in [-0.15, -0.1) is 0 Å². The second-order valence-corrected chi connectivity index (χ2v) is 7.17. The van der Waals surface area contributed by atoms with Crippen LogP contribution in [0.4, 0.5) is 4.79 Å². The molecule has 1 saturated heterocycles. The van der Waals surface area contributed by atoms with E-state index in [0.717, 1.165) is 4.90 Å². The molecule has 1 fully saturated rings. The molecule has 144 valence electrons. The number of carbonyl (C=O) groups is 3. The molecular weight excluding hydrogens is 384 g/mol. The SMILES string of the molecule is C[C@@]1(c2ccc3c(c2)OCCO3)NC(=O)N(CC(=O)c2ccc(Cl)cc2)C1=O. The molecule has 0 spiro atoms. The summed E-state index contributed by atoms with van der Waals surface area (Å²) in [5.74, 6) is 0.246. The van der Waals surface area contributed by atoms with Gasteiger partial charge in [-0.05, 0) is 48.9 Å². The lowest BCUT2D eigenvalue weighted by Crippen LogP contribution is -2.41. The zero-order chi connectivity index (χ0) is 19.9. The van der Waals surface area contributed by atoms with E-state index >= 15 is 0 Å². The van der Waals surface area contributed by atoms with Gasteiger partial charge < -0.3 is 14.8 Å². The molecule has 2 aliphatic heterocycles. The normalized spacial score (nSPS) is 20.9. The molecule has 0 radical (unpaired) electrons. The van der Waals surface area contributed by atoms with Crippen molar-refractivity contribution in [3.63, 3.8) is 0 Å². The summed E-state index contributed by atoms with van der Waals surface area (Å²) in [5.41, 5.74) is -0.373. The number of ketones is 1. The number of nitrogens with zero attached hydrogens (tertiary/aromatic N) is 1. The highest BCUT2D eigenvalue weighted by atomic mass is 35.5. The summed E-state index contributed by atoms with van der Waals surface area (Å²) >= 11 is 5.83. The Morgan fingerprint density at radius 1 is 1.11 bits per heavy atom. The first-order chi connectivity index (χ1) is 13.4. The minimum absolute atomic E-state index is 0.355. The second kappa shape index (κ2) is 6.83. The van der Waals surface area contributed by atoms with Gasteiger partial charge in [0.15, 0.2) is 17.3 Å². The van der Waals surface area contributed by atoms with Gasteiger partial charge in [-0.1, -0.05) is 17.7 Å². The molecular formula is C20H17ClN2O5. The summed E-state index contributed by atoms with van der Waals surface area (Å²) in [4.78, 5) is 38.9. The number of hydrogen-bond donors (Lipinski definition) is 1. The lowest BCUT2D eigenvalue weighted by Gasteiger charge is -2.25. The fraction of sp³-hybridized carbons (Fsp3) is 0.250. The van der Waals surface area contributed by atoms with Gasteiger partial charge in [0.25, 0.3) is 5.91 Å². The summed E-state index contributed by atoms with van der Waals surface area (Å²) in [6.07, 6.45) is 0. The molecule has 2 aliphatic rings. The summed E-state index contributed by atoms with van der Waals surface area (Å²) in [7, 11) is 0. The van der Waals surface area contributed by atoms with Gasteiger partial charge in [-0.25, -0.2) is 4.79 Å². The van der Waals surface area contributed by atoms with E-state index in [0.29, 0.717) is 40.9 Å². The highest BCUT2D eigenvalue weighted by Gasteiger charge is 2.49. The standard InChI is InChI=1S/C20H17ClN2O5/c1-20(13-4-7-16-17(10-13)28-9-8-27-16)18(25)23(19(26)22-20)11-15(24)12-2-5-14(21)6-3-12/h2-7,10H,8-9,11H2,1H3,(H,22,26)/t20-/m0/s1. The van der Waals surface area contributed by atoms with Crippen molar-refractivity contribution < 1.29 is 23.9 Å². The first-order valence-corrected chi connectivity index (χ1v) is 9.09. The van der Waals surface area contributed by atoms with Gasteiger partial charge in [0, 0.05) is 10.6 Å². The molecule has 1 N–H and O–H groups in total. The van der Waals surface area contributed by atoms with Gasteiger partial charge >= 0.3 is 6.03 Å². The van der Waals surface area contributed by atoms with Crippen LogP contribution in [0.3, 0.4) is 0 Å². The van der Waals surface area contributed by atoms with Crippen LogP contribution in [0, 0.1) is 0 Å². The first kappa shape index (κ1) is 18.3. The number of carbonyl (C=O) groups excluding carboxylic acids is 3. The number of hydrogen-bond acceptors (Lipinski definition) is 5. The fourth-order valence-corrected chi connectivity index (χ4v) is 3.39. The molecule has 28 heavy (non-hydrogen) atoms. The maximum Gasteiger partial charge on any atom is 0.325 e. The van der Waals surface area contributed by atoms with Crippen LogP contribution in [-0.4, -0.2) is 42.4 Å². The third-order valence-corrected chi connectivity index (χ3v) is 5.11. The molecule has 7 nitrogen and oxygen atoms in total. The fourth-order valence-electron chi connectivity index (χ4n) is 3.26. The van der Waals surface area contributed by atoms with E-state index in [-0.39, 0.29) is 12.3 Å². The van der Waals surface area contributed by atoms with Crippen LogP contribution >= 0.6 is 11.6 Å². The van der Waals surface area contributed by atoms with Crippen LogP contribution in [0.5, 0.6) is 11.5 Å². The highest BCUT2D eigenvalue weighted by molar-refractivity contribution is 6.30. The van der Waals surface area contributed by atoms with Gasteiger partial charge in [-0.2, -0.15) is 0 Å². The van der Waals surface area contributed by atoms with Crippen LogP contribution in [0.2, 0.25) is 5.02 Å². The van der Waals surface area contributed by atoms with Crippen molar-refractivity contribution in [2.24, 2.45) is 0 Å². The number of urea groups is 1. The monoisotopic (exact) mass is 400 g/mol. The van der Waals surface area contributed by atoms with Crippen LogP contribution in [-0.2, 0) is 10.3 Å². The summed E-state index contributed by atoms with van der Waals surface area (Å²) in [6, 6.07) is 10.8. The Labute approximate surface area is 166 Å². The average Bonchev–Trinajstić information content (AvgIpc) is 2.92. The Kier molecular flexibility index (Phi) is 4.47. The Morgan fingerprint density at radius 2 is 1.79 bits per heavy atom. The van der Waals surface area contributed by atoms with Gasteiger partial charge in [0.2, 0.25) is 0 Å². The van der Waals surface area contributed by atoms with Gasteiger partial charge in [0.1, 0.15) is 18.8 Å². The van der Waals surface area contributed by atoms with E-state index in [9.17, 15) is 14.4 Å². The molecule has 8 heteroatoms. The largest absolute Gasteiger partial charge is 0.486 e. The average molecular weight is 401 g/mol. The Hall–Kier alpha value is -3.06. The molecule has 2 aromatic rings. The zero-order valence-electron chi connectivity index (χ0n) is 15.0. The van der Waals surface area contributed by atoms with Crippen LogP contribution in [0.15, 0.2) is 42.5 Å².